The van der Waals surface area contributed by atoms with E-state index in [4.69, 9.17) is 4.74 Å². The van der Waals surface area contributed by atoms with Crippen LogP contribution < -0.4 is 5.48 Å². The molecule has 2 fully saturated rings. The Morgan fingerprint density at radius 1 is 1.11 bits per heavy atom. The van der Waals surface area contributed by atoms with Gasteiger partial charge in [0.05, 0.1) is 0 Å². The molecule has 190 valence electrons. The van der Waals surface area contributed by atoms with Gasteiger partial charge in [0, 0.05) is 57.9 Å². The van der Waals surface area contributed by atoms with Gasteiger partial charge in [0.15, 0.2) is 4.75 Å². The number of hydroxylamine groups is 1. The molecule has 35 heavy (non-hydrogen) atoms. The molecule has 1 aromatic rings. The Bertz CT molecular complexity index is 1080. The Morgan fingerprint density at radius 2 is 1.80 bits per heavy atom. The molecule has 2 saturated heterocycles. The van der Waals surface area contributed by atoms with Gasteiger partial charge in [-0.3, -0.25) is 10.0 Å². The smallest absolute Gasteiger partial charge is 0.266 e. The van der Waals surface area contributed by atoms with Crippen molar-refractivity contribution >= 4 is 15.9 Å². The fourth-order valence-electron chi connectivity index (χ4n) is 5.20. The number of ether oxygens (including phenoxy) is 1. The number of amides is 1. The van der Waals surface area contributed by atoms with Crippen LogP contribution in [0.4, 0.5) is 0 Å². The number of allylic oxidation sites excluding steroid dienone is 4. The van der Waals surface area contributed by atoms with E-state index in [0.717, 1.165) is 25.2 Å². The first-order chi connectivity index (χ1) is 16.9. The molecule has 1 aromatic carbocycles. The van der Waals surface area contributed by atoms with E-state index in [2.05, 4.69) is 41.8 Å². The second-order valence-electron chi connectivity index (χ2n) is 9.46. The number of fused-ring (bicyclic) bond motifs is 1. The largest absolute Gasteiger partial charge is 0.381 e. The summed E-state index contributed by atoms with van der Waals surface area (Å²) in [6, 6.07) is 8.52. The Hall–Kier alpha value is -2.46. The van der Waals surface area contributed by atoms with E-state index in [9.17, 15) is 18.4 Å². The van der Waals surface area contributed by atoms with Gasteiger partial charge in [0.2, 0.25) is 10.0 Å². The first kappa shape index (κ1) is 25.6. The second kappa shape index (κ2) is 11.1. The molecule has 0 aliphatic carbocycles. The third-order valence-corrected chi connectivity index (χ3v) is 10.1. The van der Waals surface area contributed by atoms with Gasteiger partial charge < -0.3 is 9.64 Å². The Balaban J connectivity index is 1.29. The minimum Gasteiger partial charge on any atom is -0.381 e. The van der Waals surface area contributed by atoms with Crippen LogP contribution in [0.25, 0.3) is 0 Å². The van der Waals surface area contributed by atoms with Crippen molar-refractivity contribution in [3.63, 3.8) is 0 Å². The van der Waals surface area contributed by atoms with E-state index in [1.165, 1.54) is 15.4 Å². The Labute approximate surface area is 207 Å². The standard InChI is InChI=1S/C26H35N3O5S/c1-21(28-15-12-23-8-4-5-9-24(23)20-28)6-2-3-7-22-10-16-29(17-11-22)35(32,33)26(25(30)27-31)13-18-34-19-14-26/h2-9,22,31H,1,10-20H2,(H,27,30)/b6-2+,7-3+. The number of benzene rings is 1. The summed E-state index contributed by atoms with van der Waals surface area (Å²) in [5.41, 5.74) is 5.31. The van der Waals surface area contributed by atoms with Crippen molar-refractivity contribution in [3.05, 3.63) is 72.0 Å². The SMILES string of the molecule is C=C(/C=C/C=C/C1CCN(S(=O)(=O)C2(C(=O)NO)CCOCC2)CC1)N1CCc2ccccc2C1. The van der Waals surface area contributed by atoms with Crippen molar-refractivity contribution in [1.82, 2.24) is 14.7 Å². The number of rotatable bonds is 7. The van der Waals surface area contributed by atoms with Gasteiger partial charge in [-0.25, -0.2) is 18.2 Å². The lowest BCUT2D eigenvalue weighted by atomic mass is 9.97. The summed E-state index contributed by atoms with van der Waals surface area (Å²) in [5, 5.41) is 9.19. The van der Waals surface area contributed by atoms with Crippen molar-refractivity contribution in [1.29, 1.82) is 0 Å². The molecule has 4 rings (SSSR count). The number of nitrogens with zero attached hydrogens (tertiary/aromatic N) is 2. The quantitative estimate of drug-likeness (QED) is 0.339. The zero-order valence-corrected chi connectivity index (χ0v) is 20.9. The monoisotopic (exact) mass is 501 g/mol. The summed E-state index contributed by atoms with van der Waals surface area (Å²) in [6.45, 7) is 7.09. The molecule has 3 heterocycles. The zero-order valence-electron chi connectivity index (χ0n) is 20.1. The maximum absolute atomic E-state index is 13.4. The van der Waals surface area contributed by atoms with Crippen molar-refractivity contribution in [3.8, 4) is 0 Å². The second-order valence-corrected chi connectivity index (χ2v) is 11.7. The lowest BCUT2D eigenvalue weighted by molar-refractivity contribution is -0.134. The van der Waals surface area contributed by atoms with Gasteiger partial charge >= 0.3 is 0 Å². The fraction of sp³-hybridized carbons (Fsp3) is 0.500. The van der Waals surface area contributed by atoms with Crippen LogP contribution in [-0.2, 0) is 32.5 Å². The number of carbonyl (C=O) groups is 1. The van der Waals surface area contributed by atoms with Crippen molar-refractivity contribution in [2.45, 2.75) is 43.4 Å². The van der Waals surface area contributed by atoms with Gasteiger partial charge in [-0.1, -0.05) is 49.1 Å². The normalized spacial score (nSPS) is 21.8. The maximum atomic E-state index is 13.4. The molecule has 9 heteroatoms. The van der Waals surface area contributed by atoms with Gasteiger partial charge in [-0.05, 0) is 42.4 Å². The molecule has 0 atom stereocenters. The van der Waals surface area contributed by atoms with Crippen LogP contribution in [0.5, 0.6) is 0 Å². The van der Waals surface area contributed by atoms with Crippen LogP contribution in [-0.4, -0.2) is 66.3 Å². The molecule has 0 spiro atoms. The zero-order chi connectivity index (χ0) is 24.9. The van der Waals surface area contributed by atoms with Crippen LogP contribution in [0.3, 0.4) is 0 Å². The molecule has 8 nitrogen and oxygen atoms in total. The molecular weight excluding hydrogens is 466 g/mol. The summed E-state index contributed by atoms with van der Waals surface area (Å²) >= 11 is 0. The topological polar surface area (TPSA) is 99.2 Å². The van der Waals surface area contributed by atoms with E-state index in [0.29, 0.717) is 25.9 Å². The minimum atomic E-state index is -3.93. The third-order valence-electron chi connectivity index (χ3n) is 7.47. The molecule has 3 aliphatic rings. The summed E-state index contributed by atoms with van der Waals surface area (Å²) in [7, 11) is -3.93. The van der Waals surface area contributed by atoms with Gasteiger partial charge in [-0.2, -0.15) is 0 Å². The van der Waals surface area contributed by atoms with E-state index >= 15 is 0 Å². The Morgan fingerprint density at radius 3 is 2.49 bits per heavy atom. The van der Waals surface area contributed by atoms with Crippen molar-refractivity contribution in [2.24, 2.45) is 5.92 Å². The van der Waals surface area contributed by atoms with Gasteiger partial charge in [0.25, 0.3) is 5.91 Å². The molecule has 0 radical (unpaired) electrons. The number of hydrogen-bond donors (Lipinski definition) is 2. The van der Waals surface area contributed by atoms with Gasteiger partial charge in [0.1, 0.15) is 0 Å². The van der Waals surface area contributed by atoms with E-state index in [-0.39, 0.29) is 32.0 Å². The fourth-order valence-corrected chi connectivity index (χ4v) is 7.34. The van der Waals surface area contributed by atoms with Crippen molar-refractivity contribution < 1.29 is 23.2 Å². The average molecular weight is 502 g/mol. The van der Waals surface area contributed by atoms with Crippen LogP contribution >= 0.6 is 0 Å². The maximum Gasteiger partial charge on any atom is 0.266 e. The van der Waals surface area contributed by atoms with E-state index in [1.54, 1.807) is 5.48 Å². The first-order valence-electron chi connectivity index (χ1n) is 12.2. The third kappa shape index (κ3) is 5.38. The Kier molecular flexibility index (Phi) is 8.11. The highest BCUT2D eigenvalue weighted by molar-refractivity contribution is 7.91. The molecule has 1 amide bonds. The molecule has 0 bridgehead atoms. The van der Waals surface area contributed by atoms with Crippen LogP contribution in [0, 0.1) is 5.92 Å². The molecule has 3 aliphatic heterocycles. The van der Waals surface area contributed by atoms with Gasteiger partial charge in [-0.15, -0.1) is 0 Å². The molecule has 2 N–H and O–H groups in total. The summed E-state index contributed by atoms with van der Waals surface area (Å²) in [6.07, 6.45) is 10.6. The van der Waals surface area contributed by atoms with Crippen molar-refractivity contribution in [2.75, 3.05) is 32.8 Å². The molecule has 0 aromatic heterocycles. The number of nitrogens with one attached hydrogen (secondary N) is 1. The number of sulfonamides is 1. The van der Waals surface area contributed by atoms with E-state index in [1.807, 2.05) is 18.2 Å². The number of hydrogen-bond acceptors (Lipinski definition) is 6. The lowest BCUT2D eigenvalue weighted by Gasteiger charge is -2.40. The average Bonchev–Trinajstić information content (AvgIpc) is 2.90. The highest BCUT2D eigenvalue weighted by Gasteiger charge is 2.54. The predicted molar refractivity (Wildman–Crippen MR) is 134 cm³/mol. The highest BCUT2D eigenvalue weighted by atomic mass is 32.2. The molecular formula is C26H35N3O5S. The first-order valence-corrected chi connectivity index (χ1v) is 13.7. The predicted octanol–water partition coefficient (Wildman–Crippen LogP) is 2.77. The summed E-state index contributed by atoms with van der Waals surface area (Å²) in [5.74, 6) is -0.607. The van der Waals surface area contributed by atoms with Crippen LogP contribution in [0.2, 0.25) is 0 Å². The summed E-state index contributed by atoms with van der Waals surface area (Å²) < 4.78 is 31.8. The minimum absolute atomic E-state index is 0.0405. The highest BCUT2D eigenvalue weighted by Crippen LogP contribution is 2.35. The lowest BCUT2D eigenvalue weighted by Crippen LogP contribution is -2.60. The summed E-state index contributed by atoms with van der Waals surface area (Å²) in [4.78, 5) is 14.7. The number of piperidine rings is 1. The molecule has 0 unspecified atom stereocenters. The van der Waals surface area contributed by atoms with Crippen LogP contribution in [0.15, 0.2) is 60.8 Å². The number of carbonyl (C=O) groups excluding carboxylic acids is 1. The molecule has 0 saturated carbocycles. The van der Waals surface area contributed by atoms with Crippen LogP contribution in [0.1, 0.15) is 36.8 Å². The van der Waals surface area contributed by atoms with E-state index < -0.39 is 20.7 Å².